The number of carbonyl (C=O) groups excluding carboxylic acids is 1. The molecule has 0 spiro atoms. The van der Waals surface area contributed by atoms with Gasteiger partial charge in [-0.05, 0) is 24.1 Å². The number of hydrogen-bond donors (Lipinski definition) is 2. The summed E-state index contributed by atoms with van der Waals surface area (Å²) >= 11 is 0. The van der Waals surface area contributed by atoms with Crippen LogP contribution in [0, 0.1) is 0 Å². The van der Waals surface area contributed by atoms with Crippen molar-refractivity contribution in [1.82, 2.24) is 0 Å². The quantitative estimate of drug-likeness (QED) is 0.722. The Labute approximate surface area is 92.8 Å². The third kappa shape index (κ3) is 3.06. The van der Waals surface area contributed by atoms with E-state index in [1.165, 1.54) is 7.11 Å². The van der Waals surface area contributed by atoms with Crippen LogP contribution in [-0.4, -0.2) is 30.2 Å². The lowest BCUT2D eigenvalue weighted by atomic mass is 10.0. The number of aliphatic carboxylic acids is 1. The number of carboxylic acids is 1. The van der Waals surface area contributed by atoms with E-state index in [4.69, 9.17) is 10.8 Å². The van der Waals surface area contributed by atoms with Gasteiger partial charge in [0.1, 0.15) is 6.04 Å². The Kier molecular flexibility index (Phi) is 4.02. The molecule has 5 heteroatoms. The van der Waals surface area contributed by atoms with Crippen LogP contribution in [0.15, 0.2) is 24.3 Å². The summed E-state index contributed by atoms with van der Waals surface area (Å²) in [7, 11) is 1.30. The van der Waals surface area contributed by atoms with E-state index in [1.807, 2.05) is 0 Å². The van der Waals surface area contributed by atoms with E-state index in [2.05, 4.69) is 4.74 Å². The second-order valence-electron chi connectivity index (χ2n) is 3.34. The summed E-state index contributed by atoms with van der Waals surface area (Å²) in [5.74, 6) is -1.47. The van der Waals surface area contributed by atoms with Gasteiger partial charge in [-0.15, -0.1) is 0 Å². The van der Waals surface area contributed by atoms with Gasteiger partial charge in [-0.2, -0.15) is 0 Å². The lowest BCUT2D eigenvalue weighted by Gasteiger charge is -2.06. The maximum absolute atomic E-state index is 11.1. The maximum atomic E-state index is 11.1. The third-order valence-electron chi connectivity index (χ3n) is 2.15. The molecule has 1 aromatic carbocycles. The first-order chi connectivity index (χ1) is 7.54. The molecule has 0 fully saturated rings. The normalized spacial score (nSPS) is 11.9. The van der Waals surface area contributed by atoms with Gasteiger partial charge in [0, 0.05) is 0 Å². The fraction of sp³-hybridized carbons (Fsp3) is 0.273. The van der Waals surface area contributed by atoms with Gasteiger partial charge in [0.25, 0.3) is 0 Å². The fourth-order valence-corrected chi connectivity index (χ4v) is 1.24. The zero-order chi connectivity index (χ0) is 12.1. The maximum Gasteiger partial charge on any atom is 0.337 e. The zero-order valence-corrected chi connectivity index (χ0v) is 8.84. The number of carboxylic acid groups (broad SMARTS) is 1. The molecular formula is C11H13NO4. The Balaban J connectivity index is 2.72. The Morgan fingerprint density at radius 3 is 2.38 bits per heavy atom. The van der Waals surface area contributed by atoms with Crippen LogP contribution in [0.2, 0.25) is 0 Å². The zero-order valence-electron chi connectivity index (χ0n) is 8.84. The molecule has 0 aromatic heterocycles. The van der Waals surface area contributed by atoms with Crippen LogP contribution in [0.1, 0.15) is 15.9 Å². The van der Waals surface area contributed by atoms with Gasteiger partial charge >= 0.3 is 11.9 Å². The average molecular weight is 223 g/mol. The van der Waals surface area contributed by atoms with Crippen molar-refractivity contribution in [1.29, 1.82) is 0 Å². The summed E-state index contributed by atoms with van der Waals surface area (Å²) < 4.78 is 4.54. The molecule has 0 aliphatic rings. The Bertz CT molecular complexity index is 385. The van der Waals surface area contributed by atoms with Crippen LogP contribution < -0.4 is 5.73 Å². The van der Waals surface area contributed by atoms with E-state index >= 15 is 0 Å². The lowest BCUT2D eigenvalue weighted by molar-refractivity contribution is -0.138. The first-order valence-corrected chi connectivity index (χ1v) is 4.70. The summed E-state index contributed by atoms with van der Waals surface area (Å²) in [4.78, 5) is 21.6. The second-order valence-corrected chi connectivity index (χ2v) is 3.34. The summed E-state index contributed by atoms with van der Waals surface area (Å²) in [5.41, 5.74) is 6.57. The molecular weight excluding hydrogens is 210 g/mol. The molecule has 5 nitrogen and oxygen atoms in total. The van der Waals surface area contributed by atoms with E-state index in [-0.39, 0.29) is 6.42 Å². The highest BCUT2D eigenvalue weighted by Crippen LogP contribution is 2.07. The number of ether oxygens (including phenoxy) is 1. The third-order valence-corrected chi connectivity index (χ3v) is 2.15. The van der Waals surface area contributed by atoms with E-state index in [1.54, 1.807) is 24.3 Å². The van der Waals surface area contributed by atoms with Gasteiger partial charge in [0.05, 0.1) is 12.7 Å². The van der Waals surface area contributed by atoms with E-state index in [0.29, 0.717) is 5.56 Å². The lowest BCUT2D eigenvalue weighted by Crippen LogP contribution is -2.32. The molecule has 1 unspecified atom stereocenters. The minimum atomic E-state index is -1.04. The van der Waals surface area contributed by atoms with Crippen molar-refractivity contribution in [2.75, 3.05) is 7.11 Å². The summed E-state index contributed by atoms with van der Waals surface area (Å²) in [6.45, 7) is 0. The minimum absolute atomic E-state index is 0.233. The molecule has 0 radical (unpaired) electrons. The van der Waals surface area contributed by atoms with E-state index in [0.717, 1.165) is 5.56 Å². The molecule has 3 N–H and O–H groups in total. The van der Waals surface area contributed by atoms with E-state index in [9.17, 15) is 9.59 Å². The molecule has 0 saturated heterocycles. The number of hydrogen-bond acceptors (Lipinski definition) is 4. The molecule has 0 saturated carbocycles. The predicted molar refractivity (Wildman–Crippen MR) is 57.1 cm³/mol. The van der Waals surface area contributed by atoms with Crippen molar-refractivity contribution in [2.24, 2.45) is 5.73 Å². The second kappa shape index (κ2) is 5.27. The summed E-state index contributed by atoms with van der Waals surface area (Å²) in [6.07, 6.45) is 0.233. The van der Waals surface area contributed by atoms with E-state index < -0.39 is 18.0 Å². The number of carbonyl (C=O) groups is 2. The van der Waals surface area contributed by atoms with Crippen LogP contribution in [0.4, 0.5) is 0 Å². The van der Waals surface area contributed by atoms with Crippen molar-refractivity contribution < 1.29 is 19.4 Å². The van der Waals surface area contributed by atoms with Crippen LogP contribution in [0.3, 0.4) is 0 Å². The monoisotopic (exact) mass is 223 g/mol. The van der Waals surface area contributed by atoms with Gasteiger partial charge < -0.3 is 15.6 Å². The van der Waals surface area contributed by atoms with Crippen molar-refractivity contribution in [3.63, 3.8) is 0 Å². The minimum Gasteiger partial charge on any atom is -0.480 e. The van der Waals surface area contributed by atoms with Crippen LogP contribution >= 0.6 is 0 Å². The fourth-order valence-electron chi connectivity index (χ4n) is 1.24. The largest absolute Gasteiger partial charge is 0.480 e. The number of rotatable bonds is 4. The number of nitrogens with two attached hydrogens (primary N) is 1. The topological polar surface area (TPSA) is 89.6 Å². The molecule has 16 heavy (non-hydrogen) atoms. The molecule has 1 atom stereocenters. The van der Waals surface area contributed by atoms with Crippen molar-refractivity contribution in [3.8, 4) is 0 Å². The van der Waals surface area contributed by atoms with Crippen molar-refractivity contribution in [3.05, 3.63) is 35.4 Å². The molecule has 0 bridgehead atoms. The van der Waals surface area contributed by atoms with Gasteiger partial charge in [0.2, 0.25) is 0 Å². The summed E-state index contributed by atoms with van der Waals surface area (Å²) in [5, 5.41) is 8.63. The number of methoxy groups -OCH3 is 1. The molecule has 1 rings (SSSR count). The predicted octanol–water partition coefficient (Wildman–Crippen LogP) is 0.428. The molecule has 0 heterocycles. The highest BCUT2D eigenvalue weighted by atomic mass is 16.5. The first-order valence-electron chi connectivity index (χ1n) is 4.70. The molecule has 0 aliphatic carbocycles. The van der Waals surface area contributed by atoms with Gasteiger partial charge in [-0.3, -0.25) is 4.79 Å². The SMILES string of the molecule is COC(=O)c1ccc(CC(N)C(=O)O)cc1. The molecule has 0 aliphatic heterocycles. The highest BCUT2D eigenvalue weighted by molar-refractivity contribution is 5.89. The first kappa shape index (κ1) is 12.2. The van der Waals surface area contributed by atoms with Gasteiger partial charge in [-0.25, -0.2) is 4.79 Å². The smallest absolute Gasteiger partial charge is 0.337 e. The summed E-state index contributed by atoms with van der Waals surface area (Å²) in [6, 6.07) is 5.55. The van der Waals surface area contributed by atoms with Gasteiger partial charge in [-0.1, -0.05) is 12.1 Å². The molecule has 86 valence electrons. The number of esters is 1. The van der Waals surface area contributed by atoms with Crippen LogP contribution in [0.25, 0.3) is 0 Å². The van der Waals surface area contributed by atoms with Gasteiger partial charge in [0.15, 0.2) is 0 Å². The number of benzene rings is 1. The molecule has 0 amide bonds. The van der Waals surface area contributed by atoms with Crippen LogP contribution in [0.5, 0.6) is 0 Å². The molecule has 1 aromatic rings. The Morgan fingerprint density at radius 2 is 1.94 bits per heavy atom. The average Bonchev–Trinajstić information content (AvgIpc) is 2.28. The van der Waals surface area contributed by atoms with Crippen molar-refractivity contribution >= 4 is 11.9 Å². The Hall–Kier alpha value is -1.88. The highest BCUT2D eigenvalue weighted by Gasteiger charge is 2.12. The van der Waals surface area contributed by atoms with Crippen molar-refractivity contribution in [2.45, 2.75) is 12.5 Å². The Morgan fingerprint density at radius 1 is 1.38 bits per heavy atom. The standard InChI is InChI=1S/C11H13NO4/c1-16-11(15)8-4-2-7(3-5-8)6-9(12)10(13)14/h2-5,9H,6,12H2,1H3,(H,13,14). The van der Waals surface area contributed by atoms with Crippen LogP contribution in [-0.2, 0) is 16.0 Å².